The van der Waals surface area contributed by atoms with Gasteiger partial charge in [0.15, 0.2) is 11.5 Å². The van der Waals surface area contributed by atoms with Crippen LogP contribution in [-0.4, -0.2) is 20.8 Å². The minimum atomic E-state index is -0.279. The van der Waals surface area contributed by atoms with E-state index in [1.165, 1.54) is 11.3 Å². The molecular weight excluding hydrogens is 336 g/mol. The van der Waals surface area contributed by atoms with Gasteiger partial charge in [0.05, 0.1) is 16.8 Å². The number of para-hydroxylation sites is 1. The van der Waals surface area contributed by atoms with E-state index >= 15 is 0 Å². The molecule has 0 saturated heterocycles. The van der Waals surface area contributed by atoms with Crippen LogP contribution in [0.3, 0.4) is 0 Å². The van der Waals surface area contributed by atoms with Crippen molar-refractivity contribution in [1.29, 1.82) is 0 Å². The summed E-state index contributed by atoms with van der Waals surface area (Å²) in [6.07, 6.45) is 3.61. The standard InChI is InChI=1S/C18H14N4O2S/c23-18(15-9-16(24-21-15)17-7-4-8-25-17)19-10-13-11-20-22(12-13)14-5-2-1-3-6-14/h1-9,11-12H,10H2,(H,19,23). The maximum atomic E-state index is 12.2. The average Bonchev–Trinajstić information content (AvgIpc) is 3.41. The van der Waals surface area contributed by atoms with Crippen molar-refractivity contribution >= 4 is 17.2 Å². The molecule has 4 aromatic rings. The van der Waals surface area contributed by atoms with Gasteiger partial charge in [-0.05, 0) is 23.6 Å². The number of benzene rings is 1. The van der Waals surface area contributed by atoms with Crippen LogP contribution in [0.15, 0.2) is 70.8 Å². The SMILES string of the molecule is O=C(NCc1cnn(-c2ccccc2)c1)c1cc(-c2cccs2)on1. The zero-order valence-electron chi connectivity index (χ0n) is 13.1. The van der Waals surface area contributed by atoms with Crippen molar-refractivity contribution in [2.75, 3.05) is 0 Å². The summed E-state index contributed by atoms with van der Waals surface area (Å²) in [5.41, 5.74) is 2.13. The summed E-state index contributed by atoms with van der Waals surface area (Å²) in [5, 5.41) is 12.9. The van der Waals surface area contributed by atoms with Crippen LogP contribution in [0, 0.1) is 0 Å². The Hall–Kier alpha value is -3.19. The molecule has 4 rings (SSSR count). The summed E-state index contributed by atoms with van der Waals surface area (Å²) in [7, 11) is 0. The number of hydrogen-bond acceptors (Lipinski definition) is 5. The number of thiophene rings is 1. The van der Waals surface area contributed by atoms with Gasteiger partial charge < -0.3 is 9.84 Å². The van der Waals surface area contributed by atoms with Crippen LogP contribution in [0.5, 0.6) is 0 Å². The molecule has 0 atom stereocenters. The zero-order valence-corrected chi connectivity index (χ0v) is 13.9. The van der Waals surface area contributed by atoms with E-state index in [0.29, 0.717) is 12.3 Å². The molecule has 124 valence electrons. The molecule has 0 saturated carbocycles. The second-order valence-electron chi connectivity index (χ2n) is 5.37. The van der Waals surface area contributed by atoms with Crippen molar-refractivity contribution in [3.05, 3.63) is 77.6 Å². The third kappa shape index (κ3) is 3.36. The predicted molar refractivity (Wildman–Crippen MR) is 94.6 cm³/mol. The first-order chi connectivity index (χ1) is 12.3. The zero-order chi connectivity index (χ0) is 17.1. The molecule has 0 aliphatic heterocycles. The van der Waals surface area contributed by atoms with Crippen molar-refractivity contribution in [2.24, 2.45) is 0 Å². The van der Waals surface area contributed by atoms with E-state index in [4.69, 9.17) is 4.52 Å². The van der Waals surface area contributed by atoms with Crippen LogP contribution in [0.4, 0.5) is 0 Å². The molecule has 6 nitrogen and oxygen atoms in total. The minimum Gasteiger partial charge on any atom is -0.355 e. The van der Waals surface area contributed by atoms with Gasteiger partial charge in [-0.25, -0.2) is 4.68 Å². The number of amides is 1. The van der Waals surface area contributed by atoms with Crippen LogP contribution >= 0.6 is 11.3 Å². The largest absolute Gasteiger partial charge is 0.355 e. The van der Waals surface area contributed by atoms with E-state index in [-0.39, 0.29) is 11.6 Å². The Kier molecular flexibility index (Phi) is 4.14. The molecule has 3 heterocycles. The van der Waals surface area contributed by atoms with Gasteiger partial charge in [-0.15, -0.1) is 11.3 Å². The van der Waals surface area contributed by atoms with Crippen molar-refractivity contribution < 1.29 is 9.32 Å². The summed E-state index contributed by atoms with van der Waals surface area (Å²) < 4.78 is 7.00. The first-order valence-electron chi connectivity index (χ1n) is 7.67. The Labute approximate surface area is 147 Å². The van der Waals surface area contributed by atoms with Gasteiger partial charge in [0.1, 0.15) is 0 Å². The summed E-state index contributed by atoms with van der Waals surface area (Å²) >= 11 is 1.54. The number of aromatic nitrogens is 3. The summed E-state index contributed by atoms with van der Waals surface area (Å²) in [6.45, 7) is 0.368. The Morgan fingerprint density at radius 1 is 1.20 bits per heavy atom. The lowest BCUT2D eigenvalue weighted by molar-refractivity contribution is 0.0942. The lowest BCUT2D eigenvalue weighted by atomic mass is 10.3. The van der Waals surface area contributed by atoms with Crippen LogP contribution in [0.25, 0.3) is 16.3 Å². The van der Waals surface area contributed by atoms with Crippen molar-refractivity contribution in [3.63, 3.8) is 0 Å². The lowest BCUT2D eigenvalue weighted by Crippen LogP contribution is -2.22. The number of rotatable bonds is 5. The Balaban J connectivity index is 1.40. The number of nitrogens with one attached hydrogen (secondary N) is 1. The van der Waals surface area contributed by atoms with Gasteiger partial charge in [-0.1, -0.05) is 29.4 Å². The second kappa shape index (κ2) is 6.74. The van der Waals surface area contributed by atoms with Gasteiger partial charge in [0.25, 0.3) is 5.91 Å². The quantitative estimate of drug-likeness (QED) is 0.598. The maximum absolute atomic E-state index is 12.2. The Bertz CT molecular complexity index is 974. The van der Waals surface area contributed by atoms with E-state index in [0.717, 1.165) is 16.1 Å². The summed E-state index contributed by atoms with van der Waals surface area (Å²) in [5.74, 6) is 0.316. The fraction of sp³-hybridized carbons (Fsp3) is 0.0556. The molecular formula is C18H14N4O2S. The number of carbonyl (C=O) groups is 1. The molecule has 0 fully saturated rings. The number of nitrogens with zero attached hydrogens (tertiary/aromatic N) is 3. The molecule has 0 radical (unpaired) electrons. The van der Waals surface area contributed by atoms with Crippen LogP contribution in [0.2, 0.25) is 0 Å². The lowest BCUT2D eigenvalue weighted by Gasteiger charge is -2.00. The number of hydrogen-bond donors (Lipinski definition) is 1. The van der Waals surface area contributed by atoms with Crippen LogP contribution in [0.1, 0.15) is 16.1 Å². The summed E-state index contributed by atoms with van der Waals surface area (Å²) in [4.78, 5) is 13.2. The monoisotopic (exact) mass is 350 g/mol. The molecule has 0 spiro atoms. The third-order valence-corrected chi connectivity index (χ3v) is 4.50. The highest BCUT2D eigenvalue weighted by molar-refractivity contribution is 7.13. The minimum absolute atomic E-state index is 0.263. The van der Waals surface area contributed by atoms with E-state index in [1.807, 2.05) is 54.0 Å². The summed E-state index contributed by atoms with van der Waals surface area (Å²) in [6, 6.07) is 15.3. The van der Waals surface area contributed by atoms with Crippen molar-refractivity contribution in [1.82, 2.24) is 20.3 Å². The Morgan fingerprint density at radius 2 is 2.08 bits per heavy atom. The molecule has 3 aromatic heterocycles. The smallest absolute Gasteiger partial charge is 0.273 e. The normalized spacial score (nSPS) is 10.7. The molecule has 25 heavy (non-hydrogen) atoms. The highest BCUT2D eigenvalue weighted by Gasteiger charge is 2.14. The molecule has 0 aliphatic carbocycles. The van der Waals surface area contributed by atoms with E-state index < -0.39 is 0 Å². The topological polar surface area (TPSA) is 73.0 Å². The van der Waals surface area contributed by atoms with Gasteiger partial charge in [-0.3, -0.25) is 4.79 Å². The highest BCUT2D eigenvalue weighted by atomic mass is 32.1. The first-order valence-corrected chi connectivity index (χ1v) is 8.55. The second-order valence-corrected chi connectivity index (χ2v) is 6.31. The van der Waals surface area contributed by atoms with Crippen molar-refractivity contribution in [3.8, 4) is 16.3 Å². The highest BCUT2D eigenvalue weighted by Crippen LogP contribution is 2.25. The molecule has 0 aliphatic rings. The fourth-order valence-corrected chi connectivity index (χ4v) is 3.04. The molecule has 1 amide bonds. The molecule has 7 heteroatoms. The van der Waals surface area contributed by atoms with Gasteiger partial charge in [0.2, 0.25) is 0 Å². The van der Waals surface area contributed by atoms with Crippen LogP contribution < -0.4 is 5.32 Å². The fourth-order valence-electron chi connectivity index (χ4n) is 2.36. The average molecular weight is 350 g/mol. The Morgan fingerprint density at radius 3 is 2.88 bits per heavy atom. The van der Waals surface area contributed by atoms with Gasteiger partial charge in [0, 0.05) is 24.4 Å². The third-order valence-electron chi connectivity index (χ3n) is 3.62. The van der Waals surface area contributed by atoms with Gasteiger partial charge in [-0.2, -0.15) is 5.10 Å². The maximum Gasteiger partial charge on any atom is 0.273 e. The van der Waals surface area contributed by atoms with E-state index in [1.54, 1.807) is 16.9 Å². The van der Waals surface area contributed by atoms with E-state index in [2.05, 4.69) is 15.6 Å². The van der Waals surface area contributed by atoms with Crippen molar-refractivity contribution in [2.45, 2.75) is 6.54 Å². The van der Waals surface area contributed by atoms with Gasteiger partial charge >= 0.3 is 0 Å². The molecule has 0 bridgehead atoms. The first kappa shape index (κ1) is 15.3. The van der Waals surface area contributed by atoms with Crippen LogP contribution in [-0.2, 0) is 6.54 Å². The predicted octanol–water partition coefficient (Wildman–Crippen LogP) is 3.52. The molecule has 1 N–H and O–H groups in total. The number of carbonyl (C=O) groups excluding carboxylic acids is 1. The molecule has 1 aromatic carbocycles. The molecule has 0 unspecified atom stereocenters. The van der Waals surface area contributed by atoms with E-state index in [9.17, 15) is 4.79 Å².